The average Bonchev–Trinajstić information content (AvgIpc) is 2.66. The van der Waals surface area contributed by atoms with Crippen molar-refractivity contribution >= 4 is 17.6 Å². The standard InChI is InChI=1S/C22H22FNO3/c23-18-10-8-17(9-11-18)22(12-4-13-22)21(26)27-15-20(25)24-14-3-6-16-5-1-2-7-19(16)24/h1-2,5,7-11H,3-4,6,12-15H2. The zero-order valence-corrected chi connectivity index (χ0v) is 15.1. The smallest absolute Gasteiger partial charge is 0.317 e. The van der Waals surface area contributed by atoms with E-state index < -0.39 is 5.41 Å². The molecule has 1 fully saturated rings. The van der Waals surface area contributed by atoms with Gasteiger partial charge in [-0.3, -0.25) is 9.59 Å². The summed E-state index contributed by atoms with van der Waals surface area (Å²) in [6.07, 6.45) is 4.10. The molecule has 2 aromatic carbocycles. The first-order valence-electron chi connectivity index (χ1n) is 9.42. The molecule has 0 aromatic heterocycles. The van der Waals surface area contributed by atoms with Gasteiger partial charge in [0, 0.05) is 12.2 Å². The number of esters is 1. The highest BCUT2D eigenvalue weighted by atomic mass is 19.1. The maximum atomic E-state index is 13.2. The molecule has 0 unspecified atom stereocenters. The first kappa shape index (κ1) is 17.7. The minimum Gasteiger partial charge on any atom is -0.455 e. The first-order chi connectivity index (χ1) is 13.1. The van der Waals surface area contributed by atoms with Gasteiger partial charge in [-0.2, -0.15) is 0 Å². The number of hydrogen-bond donors (Lipinski definition) is 0. The van der Waals surface area contributed by atoms with Crippen molar-refractivity contribution in [1.82, 2.24) is 0 Å². The number of hydrogen-bond acceptors (Lipinski definition) is 3. The Balaban J connectivity index is 1.45. The molecule has 5 heteroatoms. The molecule has 0 spiro atoms. The summed E-state index contributed by atoms with van der Waals surface area (Å²) >= 11 is 0. The number of rotatable bonds is 4. The second-order valence-corrected chi connectivity index (χ2v) is 7.30. The quantitative estimate of drug-likeness (QED) is 0.773. The van der Waals surface area contributed by atoms with Gasteiger partial charge in [0.1, 0.15) is 5.82 Å². The van der Waals surface area contributed by atoms with Crippen molar-refractivity contribution in [3.05, 3.63) is 65.5 Å². The van der Waals surface area contributed by atoms with Crippen LogP contribution in [0, 0.1) is 5.82 Å². The third-order valence-corrected chi connectivity index (χ3v) is 5.73. The fourth-order valence-electron chi connectivity index (χ4n) is 4.05. The van der Waals surface area contributed by atoms with Crippen molar-refractivity contribution in [2.75, 3.05) is 18.1 Å². The molecule has 0 saturated heterocycles. The highest BCUT2D eigenvalue weighted by Crippen LogP contribution is 2.44. The van der Waals surface area contributed by atoms with E-state index in [1.807, 2.05) is 24.3 Å². The predicted molar refractivity (Wildman–Crippen MR) is 100 cm³/mol. The van der Waals surface area contributed by atoms with Crippen molar-refractivity contribution < 1.29 is 18.7 Å². The summed E-state index contributed by atoms with van der Waals surface area (Å²) in [5.74, 6) is -0.927. The Kier molecular flexibility index (Phi) is 4.68. The number of carbonyl (C=O) groups excluding carboxylic acids is 2. The number of amides is 1. The number of para-hydroxylation sites is 1. The third kappa shape index (κ3) is 3.22. The van der Waals surface area contributed by atoms with Gasteiger partial charge in [0.25, 0.3) is 5.91 Å². The van der Waals surface area contributed by atoms with Crippen LogP contribution in [0.4, 0.5) is 10.1 Å². The molecule has 2 aromatic rings. The van der Waals surface area contributed by atoms with Crippen LogP contribution in [0.2, 0.25) is 0 Å². The number of nitrogens with zero attached hydrogens (tertiary/aromatic N) is 1. The topological polar surface area (TPSA) is 46.6 Å². The molecule has 2 aliphatic rings. The molecule has 1 amide bonds. The van der Waals surface area contributed by atoms with Crippen LogP contribution in [0.15, 0.2) is 48.5 Å². The molecule has 1 heterocycles. The molecule has 0 radical (unpaired) electrons. The molecule has 1 aliphatic carbocycles. The zero-order chi connectivity index (χ0) is 18.9. The van der Waals surface area contributed by atoms with Gasteiger partial charge in [0.15, 0.2) is 6.61 Å². The van der Waals surface area contributed by atoms with E-state index in [9.17, 15) is 14.0 Å². The summed E-state index contributed by atoms with van der Waals surface area (Å²) in [4.78, 5) is 27.2. The average molecular weight is 367 g/mol. The molecule has 140 valence electrons. The lowest BCUT2D eigenvalue weighted by atomic mass is 9.64. The predicted octanol–water partition coefficient (Wildman–Crippen LogP) is 3.77. The van der Waals surface area contributed by atoms with Gasteiger partial charge >= 0.3 is 5.97 Å². The lowest BCUT2D eigenvalue weighted by Gasteiger charge is -2.39. The van der Waals surface area contributed by atoms with E-state index in [-0.39, 0.29) is 24.3 Å². The summed E-state index contributed by atoms with van der Waals surface area (Å²) in [5.41, 5.74) is 2.07. The first-order valence-corrected chi connectivity index (χ1v) is 9.42. The number of fused-ring (bicyclic) bond motifs is 1. The van der Waals surface area contributed by atoms with E-state index in [2.05, 4.69) is 0 Å². The minimum absolute atomic E-state index is 0.205. The van der Waals surface area contributed by atoms with Crippen LogP contribution in [0.1, 0.15) is 36.8 Å². The van der Waals surface area contributed by atoms with Crippen molar-refractivity contribution in [3.63, 3.8) is 0 Å². The van der Waals surface area contributed by atoms with Gasteiger partial charge in [0.2, 0.25) is 0 Å². The number of benzene rings is 2. The monoisotopic (exact) mass is 367 g/mol. The lowest BCUT2D eigenvalue weighted by molar-refractivity contribution is -0.157. The summed E-state index contributed by atoms with van der Waals surface area (Å²) in [6.45, 7) is 0.368. The van der Waals surface area contributed by atoms with Gasteiger partial charge in [-0.05, 0) is 55.0 Å². The third-order valence-electron chi connectivity index (χ3n) is 5.73. The van der Waals surface area contributed by atoms with Gasteiger partial charge in [-0.25, -0.2) is 4.39 Å². The Morgan fingerprint density at radius 1 is 1.04 bits per heavy atom. The summed E-state index contributed by atoms with van der Waals surface area (Å²) in [5, 5.41) is 0. The Hall–Kier alpha value is -2.69. The van der Waals surface area contributed by atoms with Crippen molar-refractivity contribution in [3.8, 4) is 0 Å². The molecular weight excluding hydrogens is 345 g/mol. The molecule has 0 N–H and O–H groups in total. The number of anilines is 1. The fraction of sp³-hybridized carbons (Fsp3) is 0.364. The SMILES string of the molecule is O=C(COC(=O)C1(c2ccc(F)cc2)CCC1)N1CCCc2ccccc21. The van der Waals surface area contributed by atoms with E-state index >= 15 is 0 Å². The fourth-order valence-corrected chi connectivity index (χ4v) is 4.05. The Bertz CT molecular complexity index is 858. The Labute approximate surface area is 157 Å². The summed E-state index contributed by atoms with van der Waals surface area (Å²) < 4.78 is 18.7. The van der Waals surface area contributed by atoms with Crippen LogP contribution in [0.25, 0.3) is 0 Å². The second-order valence-electron chi connectivity index (χ2n) is 7.30. The Morgan fingerprint density at radius 3 is 2.48 bits per heavy atom. The summed E-state index contributed by atoms with van der Waals surface area (Å²) in [7, 11) is 0. The maximum absolute atomic E-state index is 13.2. The van der Waals surface area contributed by atoms with Crippen LogP contribution < -0.4 is 4.90 Å². The van der Waals surface area contributed by atoms with E-state index in [1.165, 1.54) is 12.1 Å². The van der Waals surface area contributed by atoms with Crippen LogP contribution in [0.5, 0.6) is 0 Å². The number of carbonyl (C=O) groups is 2. The van der Waals surface area contributed by atoms with E-state index in [0.29, 0.717) is 19.4 Å². The molecule has 27 heavy (non-hydrogen) atoms. The van der Waals surface area contributed by atoms with E-state index in [1.54, 1.807) is 17.0 Å². The second kappa shape index (κ2) is 7.14. The molecule has 0 atom stereocenters. The van der Waals surface area contributed by atoms with E-state index in [4.69, 9.17) is 4.74 Å². The normalized spacial score (nSPS) is 17.6. The van der Waals surface area contributed by atoms with Gasteiger partial charge in [-0.15, -0.1) is 0 Å². The van der Waals surface area contributed by atoms with Crippen molar-refractivity contribution in [2.24, 2.45) is 0 Å². The molecule has 4 rings (SSSR count). The maximum Gasteiger partial charge on any atom is 0.317 e. The molecule has 1 aliphatic heterocycles. The van der Waals surface area contributed by atoms with Gasteiger partial charge < -0.3 is 9.64 Å². The molecular formula is C22H22FNO3. The zero-order valence-electron chi connectivity index (χ0n) is 15.1. The van der Waals surface area contributed by atoms with Crippen LogP contribution >= 0.6 is 0 Å². The van der Waals surface area contributed by atoms with Crippen molar-refractivity contribution in [2.45, 2.75) is 37.5 Å². The van der Waals surface area contributed by atoms with Crippen LogP contribution in [-0.4, -0.2) is 25.0 Å². The number of ether oxygens (including phenoxy) is 1. The largest absolute Gasteiger partial charge is 0.455 e. The molecule has 1 saturated carbocycles. The van der Waals surface area contributed by atoms with Crippen LogP contribution in [0.3, 0.4) is 0 Å². The highest BCUT2D eigenvalue weighted by molar-refractivity contribution is 5.97. The lowest BCUT2D eigenvalue weighted by Crippen LogP contribution is -2.45. The number of halogens is 1. The summed E-state index contributed by atoms with van der Waals surface area (Å²) in [6, 6.07) is 13.8. The highest BCUT2D eigenvalue weighted by Gasteiger charge is 2.47. The van der Waals surface area contributed by atoms with Crippen LogP contribution in [-0.2, 0) is 26.2 Å². The Morgan fingerprint density at radius 2 is 1.78 bits per heavy atom. The minimum atomic E-state index is -0.742. The van der Waals surface area contributed by atoms with Crippen molar-refractivity contribution in [1.29, 1.82) is 0 Å². The molecule has 4 nitrogen and oxygen atoms in total. The van der Waals surface area contributed by atoms with Gasteiger partial charge in [-0.1, -0.05) is 36.8 Å². The van der Waals surface area contributed by atoms with Gasteiger partial charge in [0.05, 0.1) is 5.41 Å². The van der Waals surface area contributed by atoms with E-state index in [0.717, 1.165) is 36.1 Å². The number of aryl methyl sites for hydroxylation is 1. The molecule has 0 bridgehead atoms.